The number of imidazole rings is 2. The zero-order valence-electron chi connectivity index (χ0n) is 18.9. The molecule has 0 radical (unpaired) electrons. The monoisotopic (exact) mass is 608 g/mol. The highest BCUT2D eigenvalue weighted by atomic mass is 31.3. The summed E-state index contributed by atoms with van der Waals surface area (Å²) in [5.74, 6) is 0. The third-order valence-corrected chi connectivity index (χ3v) is 15.5. The smallest absolute Gasteiger partial charge is 0.322 e. The highest BCUT2D eigenvalue weighted by Gasteiger charge is 2.79. The summed E-state index contributed by atoms with van der Waals surface area (Å²) in [6.07, 6.45) is 2.60. The van der Waals surface area contributed by atoms with Crippen LogP contribution in [0.2, 0.25) is 0 Å². The molecule has 5 heterocycles. The van der Waals surface area contributed by atoms with Crippen molar-refractivity contribution in [1.82, 2.24) is 18.8 Å². The first kappa shape index (κ1) is 27.5. The molecule has 0 spiro atoms. The summed E-state index contributed by atoms with van der Waals surface area (Å²) in [5.41, 5.74) is 0.258. The highest BCUT2D eigenvalue weighted by Crippen LogP contribution is 2.89. The van der Waals surface area contributed by atoms with Crippen molar-refractivity contribution in [2.75, 3.05) is 0 Å². The predicted octanol–water partition coefficient (Wildman–Crippen LogP) is 1.85. The van der Waals surface area contributed by atoms with Crippen LogP contribution in [0.5, 0.6) is 0 Å². The molecule has 1 aliphatic rings. The number of fused-ring (bicyclic) bond motifs is 2. The molecule has 1 aliphatic heterocycles. The van der Waals surface area contributed by atoms with Gasteiger partial charge in [-0.2, -0.15) is 0 Å². The Kier molecular flexibility index (Phi) is 6.33. The van der Waals surface area contributed by atoms with E-state index in [2.05, 4.69) is 9.97 Å². The lowest BCUT2D eigenvalue weighted by molar-refractivity contribution is 0.0384. The van der Waals surface area contributed by atoms with Gasteiger partial charge in [0.15, 0.2) is 0 Å². The minimum atomic E-state index is -6.03. The maximum atomic E-state index is 13.6. The molecule has 204 valence electrons. The van der Waals surface area contributed by atoms with Gasteiger partial charge in [0.05, 0.1) is 0 Å². The SMILES string of the molecule is O=P(O)(O)C1(Cc2cnc3ccccn23)OP(=O)(O)C(Cc2cnc3ccccn23)(P(=O)(O)O)OP1(=O)O. The molecule has 0 aliphatic carbocycles. The van der Waals surface area contributed by atoms with Crippen LogP contribution in [0.4, 0.5) is 0 Å². The standard InChI is InChI=1S/C18H20N4O12P4/c23-35(24,25)17(9-13-11-19-15-5-1-3-7-21(13)15)33-38(31,32)18(36(26,27)28,34-37(17,29)30)10-14-12-20-16-6-2-4-8-22(14)16/h1-8,11-12H,9-10H2,(H,29,30)(H,31,32)(H2,23,24,25)(H2,26,27,28). The molecule has 1 saturated heterocycles. The molecule has 38 heavy (non-hydrogen) atoms. The van der Waals surface area contributed by atoms with Crippen LogP contribution in [0.25, 0.3) is 11.3 Å². The molecule has 4 unspecified atom stereocenters. The minimum Gasteiger partial charge on any atom is -0.322 e. The molecule has 0 aromatic carbocycles. The fourth-order valence-corrected chi connectivity index (χ4v) is 12.8. The molecule has 1 fully saturated rings. The topological polar surface area (TPSA) is 243 Å². The summed E-state index contributed by atoms with van der Waals surface area (Å²) in [4.78, 5) is 70.7. The largest absolute Gasteiger partial charge is 0.374 e. The average molecular weight is 608 g/mol. The van der Waals surface area contributed by atoms with Crippen molar-refractivity contribution < 1.29 is 56.7 Å². The van der Waals surface area contributed by atoms with Gasteiger partial charge in [-0.05, 0) is 24.3 Å². The molecule has 4 atom stereocenters. The van der Waals surface area contributed by atoms with Gasteiger partial charge in [0.2, 0.25) is 0 Å². The number of nitrogens with zero attached hydrogens (tertiary/aromatic N) is 4. The number of rotatable bonds is 6. The van der Waals surface area contributed by atoms with E-state index in [1.807, 2.05) is 0 Å². The Morgan fingerprint density at radius 1 is 0.737 bits per heavy atom. The third kappa shape index (κ3) is 4.01. The summed E-state index contributed by atoms with van der Waals surface area (Å²) in [7, 11) is -24.1. The quantitative estimate of drug-likeness (QED) is 0.171. The van der Waals surface area contributed by atoms with Gasteiger partial charge in [-0.3, -0.25) is 27.3 Å². The van der Waals surface area contributed by atoms with Crippen LogP contribution in [0.3, 0.4) is 0 Å². The Hall–Kier alpha value is -2.02. The summed E-state index contributed by atoms with van der Waals surface area (Å²) in [6, 6.07) is 9.25. The first-order valence-corrected chi connectivity index (χ1v) is 16.9. The first-order chi connectivity index (χ1) is 17.5. The number of hydrogen-bond acceptors (Lipinski definition) is 8. The van der Waals surface area contributed by atoms with E-state index in [0.717, 1.165) is 12.4 Å². The molecule has 0 saturated carbocycles. The van der Waals surface area contributed by atoms with Crippen molar-refractivity contribution in [1.29, 1.82) is 0 Å². The van der Waals surface area contributed by atoms with Gasteiger partial charge in [0, 0.05) is 49.0 Å². The van der Waals surface area contributed by atoms with Crippen molar-refractivity contribution in [2.24, 2.45) is 0 Å². The number of pyridine rings is 2. The molecule has 0 amide bonds. The lowest BCUT2D eigenvalue weighted by atomic mass is 10.3. The summed E-state index contributed by atoms with van der Waals surface area (Å²) in [5, 5.41) is -7.43. The summed E-state index contributed by atoms with van der Waals surface area (Å²) in [6.45, 7) is 0. The molecule has 6 N–H and O–H groups in total. The van der Waals surface area contributed by atoms with Gasteiger partial charge in [-0.25, -0.2) is 9.97 Å². The van der Waals surface area contributed by atoms with Crippen LogP contribution in [0, 0.1) is 0 Å². The summed E-state index contributed by atoms with van der Waals surface area (Å²) < 4.78 is 65.0. The fraction of sp³-hybridized carbons (Fsp3) is 0.222. The van der Waals surface area contributed by atoms with Crippen molar-refractivity contribution in [3.05, 3.63) is 72.6 Å². The lowest BCUT2D eigenvalue weighted by Crippen LogP contribution is -2.48. The Labute approximate surface area is 212 Å². The zero-order chi connectivity index (χ0) is 27.8. The molecule has 4 aromatic rings. The molecule has 5 rings (SSSR count). The van der Waals surface area contributed by atoms with E-state index in [9.17, 15) is 47.6 Å². The van der Waals surface area contributed by atoms with Gasteiger partial charge >= 0.3 is 30.4 Å². The average Bonchev–Trinajstić information content (AvgIpc) is 3.40. The molecular weight excluding hydrogens is 588 g/mol. The lowest BCUT2D eigenvalue weighted by Gasteiger charge is -2.48. The maximum absolute atomic E-state index is 13.6. The normalized spacial score (nSPS) is 30.7. The van der Waals surface area contributed by atoms with E-state index >= 15 is 0 Å². The van der Waals surface area contributed by atoms with Gasteiger partial charge in [-0.1, -0.05) is 12.1 Å². The van der Waals surface area contributed by atoms with Gasteiger partial charge in [0.25, 0.3) is 10.2 Å². The Balaban J connectivity index is 1.69. The van der Waals surface area contributed by atoms with E-state index in [1.54, 1.807) is 12.1 Å². The van der Waals surface area contributed by atoms with Crippen LogP contribution in [-0.4, -0.2) is 58.3 Å². The van der Waals surface area contributed by atoms with E-state index in [4.69, 9.17) is 9.05 Å². The van der Waals surface area contributed by atoms with Crippen LogP contribution < -0.4 is 0 Å². The Morgan fingerprint density at radius 2 is 1.11 bits per heavy atom. The van der Waals surface area contributed by atoms with Crippen LogP contribution in [0.1, 0.15) is 11.4 Å². The van der Waals surface area contributed by atoms with E-state index in [-0.39, 0.29) is 22.7 Å². The molecule has 0 bridgehead atoms. The van der Waals surface area contributed by atoms with Gasteiger partial charge in [0.1, 0.15) is 11.3 Å². The fourth-order valence-electron chi connectivity index (χ4n) is 4.25. The zero-order valence-corrected chi connectivity index (χ0v) is 22.5. The van der Waals surface area contributed by atoms with Gasteiger partial charge in [-0.15, -0.1) is 0 Å². The molecular formula is C18H20N4O12P4. The minimum absolute atomic E-state index is 0.132. The second-order valence-corrected chi connectivity index (χ2v) is 16.7. The van der Waals surface area contributed by atoms with Crippen molar-refractivity contribution >= 4 is 41.7 Å². The van der Waals surface area contributed by atoms with Crippen molar-refractivity contribution in [3.8, 4) is 0 Å². The van der Waals surface area contributed by atoms with Crippen LogP contribution in [0.15, 0.2) is 61.2 Å². The molecule has 20 heteroatoms. The van der Waals surface area contributed by atoms with Crippen molar-refractivity contribution in [2.45, 2.75) is 23.0 Å². The van der Waals surface area contributed by atoms with E-state index in [0.29, 0.717) is 0 Å². The number of aromatic nitrogens is 4. The summed E-state index contributed by atoms with van der Waals surface area (Å²) >= 11 is 0. The van der Waals surface area contributed by atoms with E-state index in [1.165, 1.54) is 45.5 Å². The molecule has 4 aromatic heterocycles. The second-order valence-electron chi connectivity index (χ2n) is 8.51. The van der Waals surface area contributed by atoms with Crippen LogP contribution >= 0.6 is 30.4 Å². The maximum Gasteiger partial charge on any atom is 0.374 e. The highest BCUT2D eigenvalue weighted by molar-refractivity contribution is 7.78. The molecule has 16 nitrogen and oxygen atoms in total. The van der Waals surface area contributed by atoms with E-state index < -0.39 is 53.4 Å². The second kappa shape index (κ2) is 8.74. The van der Waals surface area contributed by atoms with Crippen LogP contribution in [-0.2, 0) is 40.1 Å². The predicted molar refractivity (Wildman–Crippen MR) is 129 cm³/mol. The van der Waals surface area contributed by atoms with Crippen molar-refractivity contribution in [3.63, 3.8) is 0 Å². The number of hydrogen-bond donors (Lipinski definition) is 6. The third-order valence-electron chi connectivity index (χ3n) is 6.14. The Bertz CT molecular complexity index is 1630. The Morgan fingerprint density at radius 3 is 1.45 bits per heavy atom. The van der Waals surface area contributed by atoms with Gasteiger partial charge < -0.3 is 38.2 Å². The first-order valence-electron chi connectivity index (χ1n) is 10.5.